The lowest BCUT2D eigenvalue weighted by Gasteiger charge is -2.34. The molecule has 0 radical (unpaired) electrons. The summed E-state index contributed by atoms with van der Waals surface area (Å²) in [5.41, 5.74) is -0.0825. The molecule has 2 heterocycles. The summed E-state index contributed by atoms with van der Waals surface area (Å²) in [4.78, 5) is 14.6. The first-order valence-electron chi connectivity index (χ1n) is 6.21. The van der Waals surface area contributed by atoms with E-state index in [-0.39, 0.29) is 18.9 Å². The molecule has 9 heteroatoms. The van der Waals surface area contributed by atoms with E-state index in [1.54, 1.807) is 24.3 Å². The number of ether oxygens (including phenoxy) is 1. The molecule has 2 aromatic rings. The van der Waals surface area contributed by atoms with Crippen LogP contribution in [0.2, 0.25) is 0 Å². The monoisotopic (exact) mass is 311 g/mol. The molecule has 3 rings (SSSR count). The van der Waals surface area contributed by atoms with Crippen LogP contribution in [0, 0.1) is 0 Å². The minimum Gasteiger partial charge on any atom is -0.486 e. The van der Waals surface area contributed by atoms with Gasteiger partial charge >= 0.3 is 5.69 Å². The van der Waals surface area contributed by atoms with Gasteiger partial charge in [0, 0.05) is 0 Å². The Labute approximate surface area is 120 Å². The quantitative estimate of drug-likeness (QED) is 0.864. The number of fused-ring (bicyclic) bond motifs is 1. The third-order valence-electron chi connectivity index (χ3n) is 3.08. The van der Waals surface area contributed by atoms with Crippen LogP contribution in [0.3, 0.4) is 0 Å². The zero-order chi connectivity index (χ0) is 15.0. The van der Waals surface area contributed by atoms with Crippen LogP contribution in [0.5, 0.6) is 5.75 Å². The van der Waals surface area contributed by atoms with Gasteiger partial charge in [-0.25, -0.2) is 13.2 Å². The van der Waals surface area contributed by atoms with Gasteiger partial charge in [0.25, 0.3) is 0 Å². The van der Waals surface area contributed by atoms with Crippen molar-refractivity contribution in [1.29, 1.82) is 0 Å². The van der Waals surface area contributed by atoms with Crippen molar-refractivity contribution in [3.05, 3.63) is 40.6 Å². The third-order valence-corrected chi connectivity index (χ3v) is 4.23. The number of anilines is 1. The number of nitrogens with zero attached hydrogens (tertiary/aromatic N) is 2. The second-order valence-electron chi connectivity index (χ2n) is 4.72. The zero-order valence-corrected chi connectivity index (χ0v) is 12.0. The molecule has 0 saturated carbocycles. The standard InChI is InChI=1S/C12H13N3O5S/c1-21(17,18)15-7-8(6-11-13-12(16)14-20-11)19-10-5-3-2-4-9(10)15/h2-5,8H,6-7H2,1H3,(H,14,16)/t8-/m0/s1. The molecule has 0 spiro atoms. The fraction of sp³-hybridized carbons (Fsp3) is 0.333. The van der Waals surface area contributed by atoms with Gasteiger partial charge in [-0.15, -0.1) is 0 Å². The lowest BCUT2D eigenvalue weighted by atomic mass is 10.2. The molecular weight excluding hydrogens is 298 g/mol. The first-order valence-corrected chi connectivity index (χ1v) is 8.06. The Bertz CT molecular complexity index is 810. The van der Waals surface area contributed by atoms with Crippen molar-refractivity contribution < 1.29 is 17.7 Å². The van der Waals surface area contributed by atoms with Crippen molar-refractivity contribution in [3.8, 4) is 5.75 Å². The first kappa shape index (κ1) is 13.7. The molecule has 0 fully saturated rings. The average Bonchev–Trinajstić information content (AvgIpc) is 2.82. The fourth-order valence-electron chi connectivity index (χ4n) is 2.23. The minimum absolute atomic E-state index is 0.131. The second-order valence-corrected chi connectivity index (χ2v) is 6.63. The summed E-state index contributed by atoms with van der Waals surface area (Å²) in [5, 5.41) is 2.09. The topological polar surface area (TPSA) is 106 Å². The number of sulfonamides is 1. The molecule has 1 aliphatic heterocycles. The van der Waals surface area contributed by atoms with Crippen LogP contribution in [-0.4, -0.2) is 37.5 Å². The van der Waals surface area contributed by atoms with E-state index in [4.69, 9.17) is 9.26 Å². The summed E-state index contributed by atoms with van der Waals surface area (Å²) in [7, 11) is -3.43. The zero-order valence-electron chi connectivity index (χ0n) is 11.1. The Kier molecular flexibility index (Phi) is 3.20. The van der Waals surface area contributed by atoms with E-state index in [0.29, 0.717) is 11.4 Å². The van der Waals surface area contributed by atoms with Crippen LogP contribution in [0.1, 0.15) is 5.89 Å². The third kappa shape index (κ3) is 2.77. The smallest absolute Gasteiger partial charge is 0.377 e. The fourth-order valence-corrected chi connectivity index (χ4v) is 3.17. The first-order chi connectivity index (χ1) is 9.93. The van der Waals surface area contributed by atoms with Crippen molar-refractivity contribution in [2.75, 3.05) is 17.1 Å². The number of aromatic nitrogens is 2. The Morgan fingerprint density at radius 1 is 1.43 bits per heavy atom. The molecule has 0 unspecified atom stereocenters. The summed E-state index contributed by atoms with van der Waals surface area (Å²) in [5.74, 6) is 0.648. The SMILES string of the molecule is CS(=O)(=O)N1C[C@H](Cc2nc(=O)[nH]o2)Oc2ccccc21. The highest BCUT2D eigenvalue weighted by Crippen LogP contribution is 2.35. The molecule has 0 aliphatic carbocycles. The number of H-pyrrole nitrogens is 1. The van der Waals surface area contributed by atoms with E-state index in [9.17, 15) is 13.2 Å². The Hall–Kier alpha value is -2.29. The molecule has 1 aliphatic rings. The van der Waals surface area contributed by atoms with E-state index in [1.807, 2.05) is 0 Å². The Balaban J connectivity index is 1.92. The molecule has 112 valence electrons. The molecule has 1 N–H and O–H groups in total. The van der Waals surface area contributed by atoms with Crippen LogP contribution >= 0.6 is 0 Å². The maximum absolute atomic E-state index is 11.9. The summed E-state index contributed by atoms with van der Waals surface area (Å²) in [6, 6.07) is 6.88. The van der Waals surface area contributed by atoms with E-state index < -0.39 is 21.8 Å². The van der Waals surface area contributed by atoms with E-state index in [1.165, 1.54) is 4.31 Å². The maximum Gasteiger partial charge on any atom is 0.377 e. The van der Waals surface area contributed by atoms with Crippen LogP contribution < -0.4 is 14.7 Å². The predicted molar refractivity (Wildman–Crippen MR) is 73.9 cm³/mol. The van der Waals surface area contributed by atoms with Crippen LogP contribution in [0.25, 0.3) is 0 Å². The summed E-state index contributed by atoms with van der Waals surface area (Å²) in [6.45, 7) is 0.131. The van der Waals surface area contributed by atoms with Crippen molar-refractivity contribution >= 4 is 15.7 Å². The van der Waals surface area contributed by atoms with Gasteiger partial charge in [0.2, 0.25) is 15.9 Å². The highest BCUT2D eigenvalue weighted by molar-refractivity contribution is 7.92. The van der Waals surface area contributed by atoms with Gasteiger partial charge in [-0.2, -0.15) is 10.1 Å². The van der Waals surface area contributed by atoms with Crippen molar-refractivity contribution in [2.45, 2.75) is 12.5 Å². The normalized spacial score (nSPS) is 18.1. The van der Waals surface area contributed by atoms with Gasteiger partial charge in [-0.1, -0.05) is 12.1 Å². The number of hydrogen-bond donors (Lipinski definition) is 1. The van der Waals surface area contributed by atoms with Crippen LogP contribution in [-0.2, 0) is 16.4 Å². The van der Waals surface area contributed by atoms with Crippen LogP contribution in [0.15, 0.2) is 33.6 Å². The van der Waals surface area contributed by atoms with E-state index in [2.05, 4.69) is 10.1 Å². The van der Waals surface area contributed by atoms with Crippen molar-refractivity contribution in [2.24, 2.45) is 0 Å². The highest BCUT2D eigenvalue weighted by atomic mass is 32.2. The second kappa shape index (κ2) is 4.92. The van der Waals surface area contributed by atoms with E-state index in [0.717, 1.165) is 6.26 Å². The Morgan fingerprint density at radius 3 is 2.86 bits per heavy atom. The van der Waals surface area contributed by atoms with Gasteiger partial charge < -0.3 is 9.26 Å². The molecule has 21 heavy (non-hydrogen) atoms. The molecule has 8 nitrogen and oxygen atoms in total. The molecule has 0 bridgehead atoms. The number of nitrogens with one attached hydrogen (secondary N) is 1. The maximum atomic E-state index is 11.9. The molecule has 0 saturated heterocycles. The highest BCUT2D eigenvalue weighted by Gasteiger charge is 2.31. The number of para-hydroxylation sites is 2. The van der Waals surface area contributed by atoms with Crippen LogP contribution in [0.4, 0.5) is 5.69 Å². The number of benzene rings is 1. The predicted octanol–water partition coefficient (Wildman–Crippen LogP) is 0.133. The lowest BCUT2D eigenvalue weighted by Crippen LogP contribution is -2.44. The molecule has 0 amide bonds. The lowest BCUT2D eigenvalue weighted by molar-refractivity contribution is 0.186. The molecule has 1 aromatic carbocycles. The van der Waals surface area contributed by atoms with Gasteiger partial charge in [0.15, 0.2) is 0 Å². The summed E-state index contributed by atoms with van der Waals surface area (Å²) < 4.78 is 35.8. The number of rotatable bonds is 3. The summed E-state index contributed by atoms with van der Waals surface area (Å²) >= 11 is 0. The molecule has 1 aromatic heterocycles. The average molecular weight is 311 g/mol. The largest absolute Gasteiger partial charge is 0.486 e. The molecule has 1 atom stereocenters. The van der Waals surface area contributed by atoms with Gasteiger partial charge in [-0.05, 0) is 12.1 Å². The van der Waals surface area contributed by atoms with E-state index >= 15 is 0 Å². The van der Waals surface area contributed by atoms with Gasteiger partial charge in [0.05, 0.1) is 24.9 Å². The van der Waals surface area contributed by atoms with Gasteiger partial charge in [0.1, 0.15) is 11.9 Å². The van der Waals surface area contributed by atoms with Crippen molar-refractivity contribution in [3.63, 3.8) is 0 Å². The Morgan fingerprint density at radius 2 is 2.19 bits per heavy atom. The molecular formula is C12H13N3O5S. The number of hydrogen-bond acceptors (Lipinski definition) is 6. The van der Waals surface area contributed by atoms with Gasteiger partial charge in [-0.3, -0.25) is 4.31 Å². The number of aromatic amines is 1. The summed E-state index contributed by atoms with van der Waals surface area (Å²) in [6.07, 6.45) is 0.848. The van der Waals surface area contributed by atoms with Crippen molar-refractivity contribution in [1.82, 2.24) is 10.1 Å². The minimum atomic E-state index is -3.43.